The molecule has 0 aromatic carbocycles. The fraction of sp³-hybridized carbons (Fsp3) is 0.929. The average molecular weight is 251 g/mol. The summed E-state index contributed by atoms with van der Waals surface area (Å²) >= 11 is 0. The lowest BCUT2D eigenvalue weighted by Gasteiger charge is -2.34. The third-order valence-corrected chi connectivity index (χ3v) is 3.98. The number of rotatable bonds is 5. The zero-order chi connectivity index (χ0) is 13.0. The first-order valence-electron chi connectivity index (χ1n) is 7.20. The lowest BCUT2D eigenvalue weighted by molar-refractivity contribution is 0.0640. The van der Waals surface area contributed by atoms with Crippen molar-refractivity contribution in [3.05, 3.63) is 0 Å². The molecule has 2 aliphatic rings. The molecular weight excluding hydrogens is 226 g/mol. The van der Waals surface area contributed by atoms with Crippen LogP contribution in [0.2, 0.25) is 0 Å². The lowest BCUT2D eigenvalue weighted by atomic mass is 9.93. The number of hydrogen-bond acceptors (Lipinski definition) is 4. The molecule has 18 heavy (non-hydrogen) atoms. The quantitative estimate of drug-likeness (QED) is 0.802. The molecule has 0 spiro atoms. The van der Waals surface area contributed by atoms with Gasteiger partial charge in [0, 0.05) is 26.2 Å². The minimum absolute atomic E-state index is 0.282. The first-order valence-corrected chi connectivity index (χ1v) is 7.20. The molecule has 0 radical (unpaired) electrons. The molecule has 1 aliphatic heterocycles. The highest BCUT2D eigenvalue weighted by molar-refractivity contribution is 5.16. The average Bonchev–Trinajstić information content (AvgIpc) is 3.17. The van der Waals surface area contributed by atoms with Crippen LogP contribution in [0.4, 0.5) is 0 Å². The third-order valence-electron chi connectivity index (χ3n) is 3.98. The number of nitriles is 1. The van der Waals surface area contributed by atoms with E-state index in [1.807, 2.05) is 0 Å². The van der Waals surface area contributed by atoms with Crippen molar-refractivity contribution < 1.29 is 4.74 Å². The van der Waals surface area contributed by atoms with Crippen molar-refractivity contribution in [3.8, 4) is 6.07 Å². The van der Waals surface area contributed by atoms with Gasteiger partial charge in [-0.15, -0.1) is 0 Å². The topological polar surface area (TPSA) is 48.3 Å². The summed E-state index contributed by atoms with van der Waals surface area (Å²) in [6, 6.07) is 2.57. The number of likely N-dealkylation sites (N-methyl/N-ethyl adjacent to an activating group) is 1. The van der Waals surface area contributed by atoms with Gasteiger partial charge in [0.25, 0.3) is 0 Å². The summed E-state index contributed by atoms with van der Waals surface area (Å²) in [4.78, 5) is 2.40. The maximum absolute atomic E-state index is 9.61. The molecule has 102 valence electrons. The lowest BCUT2D eigenvalue weighted by Crippen LogP contribution is -2.55. The number of hydrogen-bond donors (Lipinski definition) is 1. The highest BCUT2D eigenvalue weighted by atomic mass is 16.5. The molecule has 0 bridgehead atoms. The Morgan fingerprint density at radius 3 is 2.89 bits per heavy atom. The van der Waals surface area contributed by atoms with E-state index in [0.29, 0.717) is 5.92 Å². The molecule has 1 saturated heterocycles. The summed E-state index contributed by atoms with van der Waals surface area (Å²) in [5.41, 5.74) is -0.335. The van der Waals surface area contributed by atoms with Gasteiger partial charge < -0.3 is 4.74 Å². The van der Waals surface area contributed by atoms with Crippen LogP contribution < -0.4 is 5.32 Å². The summed E-state index contributed by atoms with van der Waals surface area (Å²) in [5.74, 6) is 0.543. The smallest absolute Gasteiger partial charge is 0.122 e. The van der Waals surface area contributed by atoms with Crippen LogP contribution in [0.3, 0.4) is 0 Å². The Balaban J connectivity index is 2.01. The summed E-state index contributed by atoms with van der Waals surface area (Å²) < 4.78 is 5.67. The van der Waals surface area contributed by atoms with Crippen LogP contribution in [0.5, 0.6) is 0 Å². The number of nitrogens with zero attached hydrogens (tertiary/aromatic N) is 2. The first kappa shape index (κ1) is 13.8. The van der Waals surface area contributed by atoms with Crippen molar-refractivity contribution in [2.45, 2.75) is 44.8 Å². The molecule has 1 heterocycles. The molecule has 2 rings (SSSR count). The standard InChI is InChI=1S/C14H25N3O/c1-3-16-14(10-15,13-5-6-13)11-17-7-4-8-18-12(2)9-17/h12-13,16H,3-9,11H2,1-2H3. The number of ether oxygens (including phenoxy) is 1. The molecule has 4 nitrogen and oxygen atoms in total. The minimum atomic E-state index is -0.335. The van der Waals surface area contributed by atoms with E-state index in [2.05, 4.69) is 30.1 Å². The maximum Gasteiger partial charge on any atom is 0.122 e. The minimum Gasteiger partial charge on any atom is -0.377 e. The van der Waals surface area contributed by atoms with Gasteiger partial charge in [-0.3, -0.25) is 10.2 Å². The van der Waals surface area contributed by atoms with Gasteiger partial charge >= 0.3 is 0 Å². The highest BCUT2D eigenvalue weighted by Crippen LogP contribution is 2.40. The van der Waals surface area contributed by atoms with Crippen molar-refractivity contribution in [2.24, 2.45) is 5.92 Å². The number of nitrogens with one attached hydrogen (secondary N) is 1. The highest BCUT2D eigenvalue weighted by Gasteiger charge is 2.46. The van der Waals surface area contributed by atoms with Crippen molar-refractivity contribution in [1.82, 2.24) is 10.2 Å². The van der Waals surface area contributed by atoms with Crippen molar-refractivity contribution in [3.63, 3.8) is 0 Å². The van der Waals surface area contributed by atoms with E-state index >= 15 is 0 Å². The Kier molecular flexibility index (Phi) is 4.60. The summed E-state index contributed by atoms with van der Waals surface area (Å²) in [6.45, 7) is 8.76. The SMILES string of the molecule is CCNC(C#N)(CN1CCCOC(C)C1)C1CC1. The van der Waals surface area contributed by atoms with Crippen LogP contribution in [0.25, 0.3) is 0 Å². The monoisotopic (exact) mass is 251 g/mol. The molecule has 2 atom stereocenters. The summed E-state index contributed by atoms with van der Waals surface area (Å²) in [7, 11) is 0. The second-order valence-electron chi connectivity index (χ2n) is 5.66. The molecule has 2 unspecified atom stereocenters. The molecule has 1 aliphatic carbocycles. The zero-order valence-electron chi connectivity index (χ0n) is 11.6. The van der Waals surface area contributed by atoms with E-state index in [1.54, 1.807) is 0 Å². The van der Waals surface area contributed by atoms with Gasteiger partial charge in [-0.25, -0.2) is 0 Å². The van der Waals surface area contributed by atoms with E-state index in [-0.39, 0.29) is 11.6 Å². The van der Waals surface area contributed by atoms with Gasteiger partial charge in [-0.1, -0.05) is 6.92 Å². The fourth-order valence-corrected chi connectivity index (χ4v) is 2.96. The molecule has 0 amide bonds. The molecule has 1 saturated carbocycles. The Morgan fingerprint density at radius 2 is 2.28 bits per heavy atom. The van der Waals surface area contributed by atoms with Gasteiger partial charge in [0.2, 0.25) is 0 Å². The van der Waals surface area contributed by atoms with Gasteiger partial charge in [0.1, 0.15) is 5.54 Å². The third kappa shape index (κ3) is 3.23. The molecule has 2 fully saturated rings. The first-order chi connectivity index (χ1) is 8.70. The Bertz CT molecular complexity index is 311. The van der Waals surface area contributed by atoms with Crippen LogP contribution in [0.15, 0.2) is 0 Å². The van der Waals surface area contributed by atoms with E-state index in [1.165, 1.54) is 12.8 Å². The van der Waals surface area contributed by atoms with Crippen molar-refractivity contribution in [2.75, 3.05) is 32.8 Å². The van der Waals surface area contributed by atoms with E-state index < -0.39 is 0 Å². The van der Waals surface area contributed by atoms with Crippen LogP contribution in [-0.2, 0) is 4.74 Å². The fourth-order valence-electron chi connectivity index (χ4n) is 2.96. The van der Waals surface area contributed by atoms with E-state index in [0.717, 1.165) is 39.2 Å². The van der Waals surface area contributed by atoms with Crippen LogP contribution in [-0.4, -0.2) is 49.3 Å². The molecular formula is C14H25N3O. The summed E-state index contributed by atoms with van der Waals surface area (Å²) in [5, 5.41) is 13.1. The van der Waals surface area contributed by atoms with Crippen LogP contribution >= 0.6 is 0 Å². The van der Waals surface area contributed by atoms with Crippen molar-refractivity contribution >= 4 is 0 Å². The second-order valence-corrected chi connectivity index (χ2v) is 5.66. The van der Waals surface area contributed by atoms with E-state index in [4.69, 9.17) is 4.74 Å². The van der Waals surface area contributed by atoms with Crippen LogP contribution in [0, 0.1) is 17.2 Å². The Morgan fingerprint density at radius 1 is 1.50 bits per heavy atom. The van der Waals surface area contributed by atoms with Gasteiger partial charge in [0.05, 0.1) is 12.2 Å². The predicted octanol–water partition coefficient (Wildman–Crippen LogP) is 1.38. The molecule has 0 aromatic heterocycles. The van der Waals surface area contributed by atoms with Crippen molar-refractivity contribution in [1.29, 1.82) is 5.26 Å². The maximum atomic E-state index is 9.61. The van der Waals surface area contributed by atoms with Crippen LogP contribution in [0.1, 0.15) is 33.1 Å². The van der Waals surface area contributed by atoms with E-state index in [9.17, 15) is 5.26 Å². The molecule has 1 N–H and O–H groups in total. The Labute approximate surface area is 110 Å². The molecule has 4 heteroatoms. The van der Waals surface area contributed by atoms with Gasteiger partial charge in [-0.05, 0) is 38.6 Å². The largest absolute Gasteiger partial charge is 0.377 e. The Hall–Kier alpha value is -0.630. The summed E-state index contributed by atoms with van der Waals surface area (Å²) in [6.07, 6.45) is 3.74. The normalized spacial score (nSPS) is 29.3. The molecule has 0 aromatic rings. The predicted molar refractivity (Wildman–Crippen MR) is 71.2 cm³/mol. The van der Waals surface area contributed by atoms with Gasteiger partial charge in [0.15, 0.2) is 0 Å². The zero-order valence-corrected chi connectivity index (χ0v) is 11.6. The van der Waals surface area contributed by atoms with Gasteiger partial charge in [-0.2, -0.15) is 5.26 Å². The second kappa shape index (κ2) is 6.01.